The number of imidazole rings is 1. The zero-order chi connectivity index (χ0) is 28.3. The Bertz CT molecular complexity index is 1490. The third kappa shape index (κ3) is 6.55. The van der Waals surface area contributed by atoms with E-state index in [0.717, 1.165) is 50.7 Å². The third-order valence-electron chi connectivity index (χ3n) is 6.65. The predicted octanol–water partition coefficient (Wildman–Crippen LogP) is 4.91. The molecule has 3 aromatic carbocycles. The molecule has 4 rings (SSSR count). The Hall–Kier alpha value is -3.53. The summed E-state index contributed by atoms with van der Waals surface area (Å²) in [6.07, 6.45) is 0.221. The highest BCUT2D eigenvalue weighted by Crippen LogP contribution is 2.27. The summed E-state index contributed by atoms with van der Waals surface area (Å²) < 4.78 is 22.2. The van der Waals surface area contributed by atoms with Gasteiger partial charge in [0.2, 0.25) is 5.91 Å². The van der Waals surface area contributed by atoms with Crippen LogP contribution in [0.3, 0.4) is 0 Å². The summed E-state index contributed by atoms with van der Waals surface area (Å²) in [4.78, 5) is 20.4. The average Bonchev–Trinajstić information content (AvgIpc) is 3.22. The maximum Gasteiger partial charge on any atom is 0.225 e. The third-order valence-corrected chi connectivity index (χ3v) is 8.39. The Kier molecular flexibility index (Phi) is 8.84. The van der Waals surface area contributed by atoms with Crippen LogP contribution in [0.2, 0.25) is 0 Å². The highest BCUT2D eigenvalue weighted by atomic mass is 32.2. The van der Waals surface area contributed by atoms with Crippen molar-refractivity contribution in [2.24, 2.45) is 7.05 Å². The lowest BCUT2D eigenvalue weighted by Gasteiger charge is -2.19. The molecular formula is C30H37N5O3S. The highest BCUT2D eigenvalue weighted by molar-refractivity contribution is 7.82. The smallest absolute Gasteiger partial charge is 0.225 e. The molecule has 1 unspecified atom stereocenters. The number of nitrogens with zero attached hydrogens (tertiary/aromatic N) is 4. The molecule has 1 atom stereocenters. The fourth-order valence-corrected chi connectivity index (χ4v) is 5.93. The Labute approximate surface area is 233 Å². The normalized spacial score (nSPS) is 12.3. The molecule has 206 valence electrons. The van der Waals surface area contributed by atoms with E-state index in [1.165, 1.54) is 5.56 Å². The zero-order valence-electron chi connectivity index (χ0n) is 23.7. The topological polar surface area (TPSA) is 79.7 Å². The number of anilines is 1. The summed E-state index contributed by atoms with van der Waals surface area (Å²) in [5.74, 6) is 1.48. The lowest BCUT2D eigenvalue weighted by atomic mass is 10.1. The molecule has 0 aliphatic rings. The Morgan fingerprint density at radius 1 is 1.03 bits per heavy atom. The number of hydrogen-bond donors (Lipinski definition) is 1. The first-order chi connectivity index (χ1) is 18.6. The fraction of sp³-hybridized carbons (Fsp3) is 0.333. The van der Waals surface area contributed by atoms with E-state index in [0.29, 0.717) is 12.2 Å². The van der Waals surface area contributed by atoms with E-state index in [2.05, 4.69) is 47.1 Å². The molecule has 1 N–H and O–H groups in total. The van der Waals surface area contributed by atoms with Crippen molar-refractivity contribution < 1.29 is 13.7 Å². The minimum atomic E-state index is -1.38. The summed E-state index contributed by atoms with van der Waals surface area (Å²) in [6.45, 7) is 5.06. The van der Waals surface area contributed by atoms with E-state index < -0.39 is 11.0 Å². The fourth-order valence-electron chi connectivity index (χ4n) is 4.69. The summed E-state index contributed by atoms with van der Waals surface area (Å²) >= 11 is 0. The van der Waals surface area contributed by atoms with Gasteiger partial charge in [-0.25, -0.2) is 13.5 Å². The van der Waals surface area contributed by atoms with E-state index in [1.807, 2.05) is 57.3 Å². The van der Waals surface area contributed by atoms with Crippen molar-refractivity contribution in [2.45, 2.75) is 31.7 Å². The number of aryl methyl sites for hydroxylation is 3. The van der Waals surface area contributed by atoms with Crippen molar-refractivity contribution in [2.75, 3.05) is 40.1 Å². The summed E-state index contributed by atoms with van der Waals surface area (Å²) in [7, 11) is 8.13. The van der Waals surface area contributed by atoms with Crippen LogP contribution in [0.25, 0.3) is 22.4 Å². The van der Waals surface area contributed by atoms with Crippen LogP contribution < -0.4 is 10.1 Å². The van der Waals surface area contributed by atoms with Crippen molar-refractivity contribution in [3.8, 4) is 17.1 Å². The number of aromatic nitrogens is 2. The highest BCUT2D eigenvalue weighted by Gasteiger charge is 2.18. The number of amides is 1. The number of methoxy groups -OCH3 is 1. The van der Waals surface area contributed by atoms with Crippen molar-refractivity contribution in [1.82, 2.24) is 18.8 Å². The average molecular weight is 548 g/mol. The van der Waals surface area contributed by atoms with Crippen LogP contribution in [0, 0.1) is 13.8 Å². The molecule has 0 spiro atoms. The van der Waals surface area contributed by atoms with E-state index in [9.17, 15) is 9.00 Å². The minimum Gasteiger partial charge on any atom is -0.497 e. The first-order valence-electron chi connectivity index (χ1n) is 12.9. The SMILES string of the molecule is COc1cc(C)c(S(=O)N(C)CCC(=O)Nc2ccc(-c3nc4cc(CN(C)C)ccc4n3C)cc2)c(C)c1. The van der Waals surface area contributed by atoms with Gasteiger partial charge in [-0.2, -0.15) is 0 Å². The number of hydrogen-bond acceptors (Lipinski definition) is 5. The van der Waals surface area contributed by atoms with Crippen LogP contribution in [0.15, 0.2) is 59.5 Å². The molecule has 1 heterocycles. The minimum absolute atomic E-state index is 0.133. The molecule has 1 aromatic heterocycles. The first kappa shape index (κ1) is 28.5. The van der Waals surface area contributed by atoms with Gasteiger partial charge >= 0.3 is 0 Å². The summed E-state index contributed by atoms with van der Waals surface area (Å²) in [6, 6.07) is 17.8. The van der Waals surface area contributed by atoms with E-state index in [1.54, 1.807) is 18.5 Å². The Morgan fingerprint density at radius 2 is 1.69 bits per heavy atom. The number of nitrogens with one attached hydrogen (secondary N) is 1. The van der Waals surface area contributed by atoms with Gasteiger partial charge in [0.1, 0.15) is 22.6 Å². The van der Waals surface area contributed by atoms with E-state index in [4.69, 9.17) is 9.72 Å². The molecule has 0 aliphatic carbocycles. The van der Waals surface area contributed by atoms with Crippen LogP contribution in [0.1, 0.15) is 23.1 Å². The van der Waals surface area contributed by atoms with Gasteiger partial charge in [0.15, 0.2) is 0 Å². The number of ether oxygens (including phenoxy) is 1. The van der Waals surface area contributed by atoms with Gasteiger partial charge in [0.05, 0.1) is 23.0 Å². The van der Waals surface area contributed by atoms with Crippen LogP contribution in [-0.2, 0) is 29.4 Å². The molecule has 0 saturated heterocycles. The standard InChI is InChI=1S/C30H37N5O3S/c1-20-16-25(38-7)17-21(2)29(20)39(37)34(5)15-14-28(36)31-24-11-9-23(10-12-24)30-32-26-18-22(19-33(3)4)8-13-27(26)35(30)6/h8-13,16-18H,14-15,19H2,1-7H3,(H,31,36). The van der Waals surface area contributed by atoms with Gasteiger partial charge < -0.3 is 19.5 Å². The Morgan fingerprint density at radius 3 is 2.31 bits per heavy atom. The van der Waals surface area contributed by atoms with Gasteiger partial charge in [0, 0.05) is 44.9 Å². The second kappa shape index (κ2) is 12.1. The van der Waals surface area contributed by atoms with E-state index in [-0.39, 0.29) is 12.3 Å². The second-order valence-electron chi connectivity index (χ2n) is 10.1. The van der Waals surface area contributed by atoms with Crippen LogP contribution >= 0.6 is 0 Å². The van der Waals surface area contributed by atoms with Crippen LogP contribution in [0.5, 0.6) is 5.75 Å². The second-order valence-corrected chi connectivity index (χ2v) is 11.7. The van der Waals surface area contributed by atoms with Crippen molar-refractivity contribution in [1.29, 1.82) is 0 Å². The van der Waals surface area contributed by atoms with Gasteiger partial charge in [0.25, 0.3) is 0 Å². The number of carbonyl (C=O) groups is 1. The zero-order valence-corrected chi connectivity index (χ0v) is 24.6. The van der Waals surface area contributed by atoms with Gasteiger partial charge in [-0.05, 0) is 93.2 Å². The molecule has 0 saturated carbocycles. The molecule has 1 amide bonds. The van der Waals surface area contributed by atoms with Gasteiger partial charge in [-0.15, -0.1) is 0 Å². The molecule has 39 heavy (non-hydrogen) atoms. The lowest BCUT2D eigenvalue weighted by molar-refractivity contribution is -0.116. The molecule has 0 bridgehead atoms. The van der Waals surface area contributed by atoms with Crippen LogP contribution in [-0.4, -0.2) is 63.7 Å². The van der Waals surface area contributed by atoms with Crippen molar-refractivity contribution >= 4 is 33.6 Å². The molecule has 0 fully saturated rings. The lowest BCUT2D eigenvalue weighted by Crippen LogP contribution is -2.27. The molecule has 0 radical (unpaired) electrons. The molecular weight excluding hydrogens is 510 g/mol. The van der Waals surface area contributed by atoms with Crippen LogP contribution in [0.4, 0.5) is 5.69 Å². The number of benzene rings is 3. The first-order valence-corrected chi connectivity index (χ1v) is 14.0. The summed E-state index contributed by atoms with van der Waals surface area (Å²) in [5.41, 5.74) is 6.74. The van der Waals surface area contributed by atoms with Crippen molar-refractivity contribution in [3.63, 3.8) is 0 Å². The monoisotopic (exact) mass is 547 g/mol. The molecule has 9 heteroatoms. The molecule has 8 nitrogen and oxygen atoms in total. The summed E-state index contributed by atoms with van der Waals surface area (Å²) in [5, 5.41) is 2.95. The maximum absolute atomic E-state index is 13.1. The van der Waals surface area contributed by atoms with Gasteiger partial charge in [-0.1, -0.05) is 6.07 Å². The van der Waals surface area contributed by atoms with Crippen molar-refractivity contribution in [3.05, 3.63) is 71.3 Å². The molecule has 4 aromatic rings. The number of rotatable bonds is 10. The quantitative estimate of drug-likeness (QED) is 0.305. The van der Waals surface area contributed by atoms with E-state index >= 15 is 0 Å². The number of fused-ring (bicyclic) bond motifs is 1. The molecule has 0 aliphatic heterocycles. The number of carbonyl (C=O) groups excluding carboxylic acids is 1. The predicted molar refractivity (Wildman–Crippen MR) is 158 cm³/mol. The largest absolute Gasteiger partial charge is 0.497 e. The van der Waals surface area contributed by atoms with Gasteiger partial charge in [-0.3, -0.25) is 4.79 Å². The maximum atomic E-state index is 13.1. The Balaban J connectivity index is 1.38.